The third kappa shape index (κ3) is 7.68. The molecule has 1 aromatic rings. The summed E-state index contributed by atoms with van der Waals surface area (Å²) in [5.41, 5.74) is 1.32. The summed E-state index contributed by atoms with van der Waals surface area (Å²) in [4.78, 5) is 25.0. The van der Waals surface area contributed by atoms with Crippen molar-refractivity contribution in [1.29, 1.82) is 0 Å². The number of carbonyl (C=O) groups excluding carboxylic acids is 2. The van der Waals surface area contributed by atoms with Gasteiger partial charge in [-0.15, -0.1) is 0 Å². The van der Waals surface area contributed by atoms with Crippen LogP contribution in [0.3, 0.4) is 0 Å². The molecule has 2 aliphatic heterocycles. The lowest BCUT2D eigenvalue weighted by molar-refractivity contribution is -0.302. The Hall–Kier alpha value is -3.00. The third-order valence-electron chi connectivity index (χ3n) is 7.85. The second-order valence-corrected chi connectivity index (χ2v) is 11.3. The van der Waals surface area contributed by atoms with Crippen LogP contribution in [0, 0.1) is 23.7 Å². The minimum Gasteiger partial charge on any atom is -0.508 e. The topological polar surface area (TPSA) is 181 Å². The maximum absolute atomic E-state index is 12.6. The van der Waals surface area contributed by atoms with E-state index >= 15 is 0 Å². The van der Waals surface area contributed by atoms with Crippen molar-refractivity contribution in [2.45, 2.75) is 70.1 Å². The highest BCUT2D eigenvalue weighted by atomic mass is 16.7. The fourth-order valence-electron chi connectivity index (χ4n) is 5.67. The Morgan fingerprint density at radius 1 is 1.02 bits per heavy atom. The van der Waals surface area contributed by atoms with E-state index in [9.17, 15) is 35.1 Å². The quantitative estimate of drug-likeness (QED) is 0.183. The molecule has 0 spiro atoms. The predicted molar refractivity (Wildman–Crippen MR) is 146 cm³/mol. The third-order valence-corrected chi connectivity index (χ3v) is 7.85. The minimum atomic E-state index is -1.62. The van der Waals surface area contributed by atoms with Gasteiger partial charge in [0, 0.05) is 25.0 Å². The Kier molecular flexibility index (Phi) is 11.0. The molecule has 0 radical (unpaired) electrons. The number of hydrogen-bond acceptors (Lipinski definition) is 12. The molecule has 0 bridgehead atoms. The molecule has 12 heteroatoms. The highest BCUT2D eigenvalue weighted by Crippen LogP contribution is 2.47. The zero-order valence-corrected chi connectivity index (χ0v) is 23.7. The van der Waals surface area contributed by atoms with Crippen LogP contribution in [0.15, 0.2) is 42.2 Å². The molecule has 9 atom stereocenters. The maximum Gasteiger partial charge on any atom is 0.331 e. The van der Waals surface area contributed by atoms with Gasteiger partial charge < -0.3 is 49.2 Å². The van der Waals surface area contributed by atoms with Crippen molar-refractivity contribution < 1.29 is 58.8 Å². The molecule has 1 aliphatic carbocycles. The van der Waals surface area contributed by atoms with Crippen LogP contribution in [-0.2, 0) is 33.3 Å². The molecule has 232 valence electrons. The van der Waals surface area contributed by atoms with Crippen LogP contribution in [-0.4, -0.2) is 94.3 Å². The fourth-order valence-corrected chi connectivity index (χ4v) is 5.67. The second-order valence-electron chi connectivity index (χ2n) is 11.3. The van der Waals surface area contributed by atoms with E-state index in [1.165, 1.54) is 24.5 Å². The normalized spacial score (nSPS) is 32.7. The lowest BCUT2D eigenvalue weighted by Crippen LogP contribution is -2.60. The first-order chi connectivity index (χ1) is 20.1. The molecule has 42 heavy (non-hydrogen) atoms. The van der Waals surface area contributed by atoms with Gasteiger partial charge in [0.25, 0.3) is 0 Å². The first-order valence-corrected chi connectivity index (χ1v) is 14.2. The molecule has 0 amide bonds. The Balaban J connectivity index is 1.45. The number of aliphatic hydroxyl groups is 4. The van der Waals surface area contributed by atoms with Crippen LogP contribution >= 0.6 is 0 Å². The lowest BCUT2D eigenvalue weighted by atomic mass is 9.83. The van der Waals surface area contributed by atoms with E-state index < -0.39 is 49.6 Å². The van der Waals surface area contributed by atoms with Crippen LogP contribution < -0.4 is 0 Å². The number of esters is 2. The molecular formula is C30H40O12. The molecule has 1 saturated carbocycles. The number of rotatable bonds is 11. The van der Waals surface area contributed by atoms with Crippen LogP contribution in [0.4, 0.5) is 0 Å². The summed E-state index contributed by atoms with van der Waals surface area (Å²) < 4.78 is 28.5. The highest BCUT2D eigenvalue weighted by Gasteiger charge is 2.50. The van der Waals surface area contributed by atoms with Crippen molar-refractivity contribution in [2.24, 2.45) is 23.7 Å². The van der Waals surface area contributed by atoms with Crippen molar-refractivity contribution in [3.8, 4) is 5.75 Å². The van der Waals surface area contributed by atoms with Gasteiger partial charge in [-0.1, -0.05) is 26.0 Å². The van der Waals surface area contributed by atoms with Crippen molar-refractivity contribution >= 4 is 18.0 Å². The molecule has 2 heterocycles. The average Bonchev–Trinajstić information content (AvgIpc) is 3.40. The first kappa shape index (κ1) is 31.9. The fraction of sp³-hybridized carbons (Fsp3) is 0.600. The average molecular weight is 593 g/mol. The summed E-state index contributed by atoms with van der Waals surface area (Å²) in [7, 11) is 0. The van der Waals surface area contributed by atoms with Crippen molar-refractivity contribution in [1.82, 2.24) is 0 Å². The molecule has 2 fully saturated rings. The number of phenolic OH excluding ortho intramolecular Hbond substituents is 1. The van der Waals surface area contributed by atoms with Gasteiger partial charge >= 0.3 is 11.9 Å². The Morgan fingerprint density at radius 2 is 1.76 bits per heavy atom. The number of hydrogen-bond donors (Lipinski definition) is 5. The van der Waals surface area contributed by atoms with Gasteiger partial charge in [0.1, 0.15) is 24.1 Å². The van der Waals surface area contributed by atoms with E-state index in [4.69, 9.17) is 23.7 Å². The summed E-state index contributed by atoms with van der Waals surface area (Å²) in [6.45, 7) is 3.04. The summed E-state index contributed by atoms with van der Waals surface area (Å²) in [5.74, 6) is -1.61. The van der Waals surface area contributed by atoms with E-state index in [2.05, 4.69) is 0 Å². The number of aromatic hydroxyl groups is 1. The van der Waals surface area contributed by atoms with Crippen LogP contribution in [0.5, 0.6) is 5.75 Å². The van der Waals surface area contributed by atoms with E-state index in [0.717, 1.165) is 6.08 Å². The number of phenols is 1. The number of benzene rings is 1. The molecule has 1 saturated heterocycles. The Labute approximate surface area is 244 Å². The first-order valence-electron chi connectivity index (χ1n) is 14.2. The van der Waals surface area contributed by atoms with Crippen LogP contribution in [0.1, 0.15) is 38.7 Å². The number of aliphatic hydroxyl groups excluding tert-OH is 4. The van der Waals surface area contributed by atoms with Gasteiger partial charge in [-0.25, -0.2) is 4.79 Å². The van der Waals surface area contributed by atoms with Gasteiger partial charge in [0.05, 0.1) is 19.5 Å². The molecule has 4 rings (SSSR count). The molecule has 5 N–H and O–H groups in total. The highest BCUT2D eigenvalue weighted by molar-refractivity contribution is 5.87. The SMILES string of the molecule is CC(C)CC(=O)OC1OC=C(COC2OC(CO)C(O)C(O)C2OC(=O)C=Cc2ccc(O)cc2)C2CCC(CO)C12. The van der Waals surface area contributed by atoms with Crippen LogP contribution in [0.25, 0.3) is 6.08 Å². The van der Waals surface area contributed by atoms with Gasteiger partial charge in [-0.3, -0.25) is 4.79 Å². The molecule has 9 unspecified atom stereocenters. The summed E-state index contributed by atoms with van der Waals surface area (Å²) in [5, 5.41) is 50.2. The Bertz CT molecular complexity index is 1120. The standard InChI is InChI=1S/C30H40O12/c1-16(2)11-24(35)42-29-25-18(12-31)6-9-21(25)19(14-38-29)15-39-30-28(27(37)26(36)22(13-32)40-30)41-23(34)10-5-17-3-7-20(33)8-4-17/h3-5,7-8,10,14,16,18,21-22,25-33,36-37H,6,9,11-13,15H2,1-2H3. The van der Waals surface area contributed by atoms with E-state index in [0.29, 0.717) is 24.0 Å². The summed E-state index contributed by atoms with van der Waals surface area (Å²) in [6.07, 6.45) is -2.31. The number of carbonyl (C=O) groups is 2. The van der Waals surface area contributed by atoms with E-state index in [-0.39, 0.29) is 55.0 Å². The summed E-state index contributed by atoms with van der Waals surface area (Å²) >= 11 is 0. The van der Waals surface area contributed by atoms with Gasteiger partial charge in [-0.05, 0) is 59.9 Å². The lowest BCUT2D eigenvalue weighted by Gasteiger charge is -2.42. The van der Waals surface area contributed by atoms with E-state index in [1.54, 1.807) is 12.1 Å². The monoisotopic (exact) mass is 592 g/mol. The number of ether oxygens (including phenoxy) is 5. The van der Waals surface area contributed by atoms with Crippen LogP contribution in [0.2, 0.25) is 0 Å². The van der Waals surface area contributed by atoms with Gasteiger partial charge in [0.15, 0.2) is 12.4 Å². The Morgan fingerprint density at radius 3 is 2.43 bits per heavy atom. The molecule has 3 aliphatic rings. The number of fused-ring (bicyclic) bond motifs is 1. The minimum absolute atomic E-state index is 0.0709. The van der Waals surface area contributed by atoms with E-state index in [1.807, 2.05) is 13.8 Å². The van der Waals surface area contributed by atoms with Crippen molar-refractivity contribution in [2.75, 3.05) is 19.8 Å². The second kappa shape index (κ2) is 14.5. The maximum atomic E-state index is 12.6. The smallest absolute Gasteiger partial charge is 0.331 e. The predicted octanol–water partition coefficient (Wildman–Crippen LogP) is 1.24. The molecular weight excluding hydrogens is 552 g/mol. The zero-order valence-electron chi connectivity index (χ0n) is 23.7. The van der Waals surface area contributed by atoms with Crippen molar-refractivity contribution in [3.05, 3.63) is 47.7 Å². The van der Waals surface area contributed by atoms with Crippen molar-refractivity contribution in [3.63, 3.8) is 0 Å². The molecule has 1 aromatic carbocycles. The van der Waals surface area contributed by atoms with Gasteiger partial charge in [-0.2, -0.15) is 0 Å². The largest absolute Gasteiger partial charge is 0.508 e. The summed E-state index contributed by atoms with van der Waals surface area (Å²) in [6, 6.07) is 6.09. The zero-order chi connectivity index (χ0) is 30.4. The molecule has 0 aromatic heterocycles. The van der Waals surface area contributed by atoms with Gasteiger partial charge in [0.2, 0.25) is 6.29 Å². The molecule has 12 nitrogen and oxygen atoms in total.